The van der Waals surface area contributed by atoms with Gasteiger partial charge >= 0.3 is 0 Å². The van der Waals surface area contributed by atoms with Crippen molar-refractivity contribution in [2.75, 3.05) is 26.3 Å². The van der Waals surface area contributed by atoms with Gasteiger partial charge in [0.2, 0.25) is 0 Å². The van der Waals surface area contributed by atoms with Gasteiger partial charge in [-0.25, -0.2) is 4.39 Å². The molecule has 0 bridgehead atoms. The molecule has 0 radical (unpaired) electrons. The summed E-state index contributed by atoms with van der Waals surface area (Å²) >= 11 is 0. The molecule has 0 aliphatic carbocycles. The Balaban J connectivity index is 3.48. The Morgan fingerprint density at radius 3 is 2.25 bits per heavy atom. The Labute approximate surface area is 75.9 Å². The molecule has 0 fully saturated rings. The first-order chi connectivity index (χ1) is 5.70. The third-order valence-electron chi connectivity index (χ3n) is 1.96. The van der Waals surface area contributed by atoms with Crippen LogP contribution < -0.4 is 0 Å². The van der Waals surface area contributed by atoms with Gasteiger partial charge in [-0.1, -0.05) is 20.8 Å². The van der Waals surface area contributed by atoms with Crippen LogP contribution in [0.3, 0.4) is 0 Å². The lowest BCUT2D eigenvalue weighted by atomic mass is 10.1. The molecule has 0 unspecified atom stereocenters. The molecule has 0 aliphatic rings. The Kier molecular flexibility index (Phi) is 7.47. The zero-order valence-electron chi connectivity index (χ0n) is 8.65. The maximum absolute atomic E-state index is 12.0. The second-order valence-electron chi connectivity index (χ2n) is 3.71. The van der Waals surface area contributed by atoms with E-state index in [1.165, 1.54) is 6.42 Å². The van der Waals surface area contributed by atoms with Crippen molar-refractivity contribution in [1.29, 1.82) is 0 Å². The SMILES string of the molecule is CCCN(CCF)CCC(C)C. The minimum atomic E-state index is -0.210. The minimum absolute atomic E-state index is 0.210. The van der Waals surface area contributed by atoms with E-state index in [4.69, 9.17) is 0 Å². The summed E-state index contributed by atoms with van der Waals surface area (Å²) in [5, 5.41) is 0. The van der Waals surface area contributed by atoms with Crippen molar-refractivity contribution in [2.24, 2.45) is 5.92 Å². The molecule has 0 rings (SSSR count). The largest absolute Gasteiger partial charge is 0.301 e. The summed E-state index contributed by atoms with van der Waals surface area (Å²) in [4.78, 5) is 2.21. The lowest BCUT2D eigenvalue weighted by Crippen LogP contribution is -2.28. The quantitative estimate of drug-likeness (QED) is 0.575. The van der Waals surface area contributed by atoms with E-state index in [0.717, 1.165) is 25.4 Å². The molecule has 0 aliphatic heterocycles. The molecule has 0 aromatic carbocycles. The van der Waals surface area contributed by atoms with Crippen LogP contribution in [0.25, 0.3) is 0 Å². The van der Waals surface area contributed by atoms with E-state index >= 15 is 0 Å². The average Bonchev–Trinajstić information content (AvgIpc) is 2.01. The molecule has 1 nitrogen and oxygen atoms in total. The summed E-state index contributed by atoms with van der Waals surface area (Å²) in [6.07, 6.45) is 2.30. The second kappa shape index (κ2) is 7.53. The predicted molar refractivity (Wildman–Crippen MR) is 52.2 cm³/mol. The smallest absolute Gasteiger partial charge is 0.102 e. The van der Waals surface area contributed by atoms with Crippen LogP contribution in [0.1, 0.15) is 33.6 Å². The zero-order valence-corrected chi connectivity index (χ0v) is 8.65. The van der Waals surface area contributed by atoms with Gasteiger partial charge in [-0.3, -0.25) is 0 Å². The number of alkyl halides is 1. The van der Waals surface area contributed by atoms with Crippen LogP contribution in [-0.2, 0) is 0 Å². The van der Waals surface area contributed by atoms with Crippen molar-refractivity contribution < 1.29 is 4.39 Å². The van der Waals surface area contributed by atoms with Gasteiger partial charge in [-0.2, -0.15) is 0 Å². The summed E-state index contributed by atoms with van der Waals surface area (Å²) in [6.45, 7) is 9.05. The first kappa shape index (κ1) is 11.9. The highest BCUT2D eigenvalue weighted by atomic mass is 19.1. The van der Waals surface area contributed by atoms with Gasteiger partial charge in [0.05, 0.1) is 0 Å². The lowest BCUT2D eigenvalue weighted by molar-refractivity contribution is 0.235. The molecule has 0 N–H and O–H groups in total. The monoisotopic (exact) mass is 175 g/mol. The molecular formula is C10H22FN. The maximum Gasteiger partial charge on any atom is 0.102 e. The van der Waals surface area contributed by atoms with E-state index in [1.807, 2.05) is 0 Å². The number of nitrogens with zero attached hydrogens (tertiary/aromatic N) is 1. The Morgan fingerprint density at radius 2 is 1.83 bits per heavy atom. The Bertz CT molecular complexity index is 87.8. The van der Waals surface area contributed by atoms with Gasteiger partial charge in [-0.15, -0.1) is 0 Å². The van der Waals surface area contributed by atoms with Crippen LogP contribution in [0.2, 0.25) is 0 Å². The maximum atomic E-state index is 12.0. The van der Waals surface area contributed by atoms with E-state index in [2.05, 4.69) is 25.7 Å². The third-order valence-corrected chi connectivity index (χ3v) is 1.96. The second-order valence-corrected chi connectivity index (χ2v) is 3.71. The van der Waals surface area contributed by atoms with Crippen LogP contribution in [0.5, 0.6) is 0 Å². The molecule has 0 aromatic rings. The Morgan fingerprint density at radius 1 is 1.17 bits per heavy atom. The Hall–Kier alpha value is -0.110. The predicted octanol–water partition coefficient (Wildman–Crippen LogP) is 2.71. The van der Waals surface area contributed by atoms with Gasteiger partial charge in [0.15, 0.2) is 0 Å². The molecule has 0 amide bonds. The highest BCUT2D eigenvalue weighted by molar-refractivity contribution is 4.57. The number of rotatable bonds is 7. The van der Waals surface area contributed by atoms with Crippen LogP contribution in [-0.4, -0.2) is 31.2 Å². The molecule has 12 heavy (non-hydrogen) atoms. The van der Waals surface area contributed by atoms with Gasteiger partial charge in [0.25, 0.3) is 0 Å². The van der Waals surface area contributed by atoms with Crippen LogP contribution in [0, 0.1) is 5.92 Å². The van der Waals surface area contributed by atoms with Crippen LogP contribution in [0.15, 0.2) is 0 Å². The highest BCUT2D eigenvalue weighted by Gasteiger charge is 2.03. The van der Waals surface area contributed by atoms with Gasteiger partial charge in [0, 0.05) is 6.54 Å². The third kappa shape index (κ3) is 6.59. The molecule has 0 saturated carbocycles. The van der Waals surface area contributed by atoms with Crippen molar-refractivity contribution in [3.8, 4) is 0 Å². The standard InChI is InChI=1S/C10H22FN/c1-4-7-12(9-6-11)8-5-10(2)3/h10H,4-9H2,1-3H3. The first-order valence-corrected chi connectivity index (χ1v) is 4.99. The fraction of sp³-hybridized carbons (Fsp3) is 1.00. The van der Waals surface area contributed by atoms with Crippen molar-refractivity contribution in [3.05, 3.63) is 0 Å². The number of hydrogen-bond donors (Lipinski definition) is 0. The number of halogens is 1. The highest BCUT2D eigenvalue weighted by Crippen LogP contribution is 2.02. The first-order valence-electron chi connectivity index (χ1n) is 4.99. The van der Waals surface area contributed by atoms with Crippen molar-refractivity contribution in [3.63, 3.8) is 0 Å². The molecule has 0 spiro atoms. The summed E-state index contributed by atoms with van der Waals surface area (Å²) in [6, 6.07) is 0. The fourth-order valence-electron chi connectivity index (χ4n) is 1.21. The van der Waals surface area contributed by atoms with E-state index in [1.54, 1.807) is 0 Å². The van der Waals surface area contributed by atoms with E-state index in [9.17, 15) is 4.39 Å². The molecule has 0 saturated heterocycles. The number of hydrogen-bond acceptors (Lipinski definition) is 1. The molecule has 74 valence electrons. The van der Waals surface area contributed by atoms with Crippen LogP contribution in [0.4, 0.5) is 4.39 Å². The molecule has 0 aromatic heterocycles. The topological polar surface area (TPSA) is 3.24 Å². The van der Waals surface area contributed by atoms with E-state index in [-0.39, 0.29) is 6.67 Å². The fourth-order valence-corrected chi connectivity index (χ4v) is 1.21. The van der Waals surface area contributed by atoms with Crippen LogP contribution >= 0.6 is 0 Å². The average molecular weight is 175 g/mol. The molecular weight excluding hydrogens is 153 g/mol. The lowest BCUT2D eigenvalue weighted by Gasteiger charge is -2.20. The van der Waals surface area contributed by atoms with Gasteiger partial charge < -0.3 is 4.90 Å². The van der Waals surface area contributed by atoms with E-state index < -0.39 is 0 Å². The summed E-state index contributed by atoms with van der Waals surface area (Å²) < 4.78 is 12.0. The van der Waals surface area contributed by atoms with Gasteiger partial charge in [0.1, 0.15) is 6.67 Å². The molecule has 0 atom stereocenters. The van der Waals surface area contributed by atoms with Crippen molar-refractivity contribution in [2.45, 2.75) is 33.6 Å². The summed E-state index contributed by atoms with van der Waals surface area (Å²) in [7, 11) is 0. The normalized spacial score (nSPS) is 11.5. The summed E-state index contributed by atoms with van der Waals surface area (Å²) in [5.41, 5.74) is 0. The summed E-state index contributed by atoms with van der Waals surface area (Å²) in [5.74, 6) is 0.726. The minimum Gasteiger partial charge on any atom is -0.301 e. The van der Waals surface area contributed by atoms with Crippen molar-refractivity contribution in [1.82, 2.24) is 4.90 Å². The zero-order chi connectivity index (χ0) is 9.40. The molecule has 2 heteroatoms. The van der Waals surface area contributed by atoms with E-state index in [0.29, 0.717) is 6.54 Å². The van der Waals surface area contributed by atoms with Crippen molar-refractivity contribution >= 4 is 0 Å². The van der Waals surface area contributed by atoms with Gasteiger partial charge in [-0.05, 0) is 31.8 Å². The molecule has 0 heterocycles.